The zero-order valence-corrected chi connectivity index (χ0v) is 18.1. The Morgan fingerprint density at radius 1 is 1.03 bits per heavy atom. The molecule has 7 heteroatoms. The highest BCUT2D eigenvalue weighted by molar-refractivity contribution is 5.95. The molecule has 6 rings (SSSR count). The lowest BCUT2D eigenvalue weighted by Gasteiger charge is -2.30. The molecule has 3 heterocycles. The maximum absolute atomic E-state index is 13.6. The molecule has 0 saturated heterocycles. The van der Waals surface area contributed by atoms with Crippen molar-refractivity contribution in [1.82, 2.24) is 0 Å². The number of rotatable bonds is 0. The van der Waals surface area contributed by atoms with Gasteiger partial charge in [0, 0.05) is 28.7 Å². The number of ether oxygens (including phenoxy) is 2. The molecule has 3 aliphatic rings. The highest BCUT2D eigenvalue weighted by Gasteiger charge is 2.49. The van der Waals surface area contributed by atoms with Crippen molar-refractivity contribution in [3.05, 3.63) is 45.1 Å². The van der Waals surface area contributed by atoms with E-state index in [-0.39, 0.29) is 45.3 Å². The monoisotopic (exact) mass is 434 g/mol. The van der Waals surface area contributed by atoms with Gasteiger partial charge in [-0.25, -0.2) is 0 Å². The minimum Gasteiger partial charge on any atom is -0.507 e. The van der Waals surface area contributed by atoms with Crippen molar-refractivity contribution in [3.8, 4) is 40.1 Å². The molecule has 1 atom stereocenters. The molecule has 0 bridgehead atoms. The number of aromatic hydroxyl groups is 3. The minimum absolute atomic E-state index is 0.0962. The van der Waals surface area contributed by atoms with E-state index in [9.17, 15) is 20.1 Å². The maximum atomic E-state index is 13.6. The molecule has 2 aromatic carbocycles. The van der Waals surface area contributed by atoms with Gasteiger partial charge in [-0.05, 0) is 52.3 Å². The summed E-state index contributed by atoms with van der Waals surface area (Å²) in [6.45, 7) is 7.54. The van der Waals surface area contributed by atoms with E-state index in [1.54, 1.807) is 0 Å². The molecule has 0 fully saturated rings. The Kier molecular flexibility index (Phi) is 3.34. The molecule has 1 unspecified atom stereocenters. The molecule has 1 aliphatic carbocycles. The van der Waals surface area contributed by atoms with Crippen molar-refractivity contribution in [3.63, 3.8) is 0 Å². The van der Waals surface area contributed by atoms with Crippen LogP contribution in [0, 0.1) is 0 Å². The number of fused-ring (bicyclic) bond motifs is 5. The number of phenolic OH excluding ortho intramolecular Hbond substituents is 3. The van der Waals surface area contributed by atoms with Crippen LogP contribution in [-0.2, 0) is 6.42 Å². The predicted molar refractivity (Wildman–Crippen MR) is 118 cm³/mol. The maximum Gasteiger partial charge on any atom is 0.200 e. The molecule has 0 amide bonds. The molecule has 3 N–H and O–H groups in total. The van der Waals surface area contributed by atoms with Crippen LogP contribution in [0.25, 0.3) is 28.4 Å². The Bertz CT molecular complexity index is 1460. The first kappa shape index (κ1) is 19.1. The van der Waals surface area contributed by atoms with Gasteiger partial charge in [0.2, 0.25) is 5.75 Å². The average molecular weight is 434 g/mol. The molecule has 1 aromatic heterocycles. The van der Waals surface area contributed by atoms with E-state index < -0.39 is 11.2 Å². The zero-order valence-electron chi connectivity index (χ0n) is 18.1. The molecule has 164 valence electrons. The summed E-state index contributed by atoms with van der Waals surface area (Å²) in [5.74, 6) is -0.168. The van der Waals surface area contributed by atoms with Gasteiger partial charge in [-0.15, -0.1) is 0 Å². The fourth-order valence-electron chi connectivity index (χ4n) is 5.15. The number of benzene rings is 2. The van der Waals surface area contributed by atoms with Crippen LogP contribution >= 0.6 is 0 Å². The minimum atomic E-state index is -0.707. The van der Waals surface area contributed by atoms with Gasteiger partial charge >= 0.3 is 0 Å². The first-order chi connectivity index (χ1) is 15.0. The predicted octanol–water partition coefficient (Wildman–Crippen LogP) is 4.57. The summed E-state index contributed by atoms with van der Waals surface area (Å²) in [5, 5.41) is 31.6. The average Bonchev–Trinajstić information content (AvgIpc) is 2.97. The van der Waals surface area contributed by atoms with Crippen molar-refractivity contribution < 1.29 is 29.2 Å². The first-order valence-electron chi connectivity index (χ1n) is 10.5. The van der Waals surface area contributed by atoms with Crippen LogP contribution in [0.1, 0.15) is 50.3 Å². The molecule has 3 aromatic rings. The van der Waals surface area contributed by atoms with Crippen LogP contribution < -0.4 is 14.9 Å². The highest BCUT2D eigenvalue weighted by Crippen LogP contribution is 2.59. The Labute approximate surface area is 183 Å². The third-order valence-corrected chi connectivity index (χ3v) is 6.74. The second-order valence-electron chi connectivity index (χ2n) is 9.79. The van der Waals surface area contributed by atoms with E-state index in [1.807, 2.05) is 39.8 Å². The molecule has 7 nitrogen and oxygen atoms in total. The van der Waals surface area contributed by atoms with Gasteiger partial charge in [0.1, 0.15) is 33.8 Å². The lowest BCUT2D eigenvalue weighted by molar-refractivity contribution is 0.105. The van der Waals surface area contributed by atoms with E-state index in [4.69, 9.17) is 13.9 Å². The lowest BCUT2D eigenvalue weighted by atomic mass is 9.75. The number of phenols is 3. The summed E-state index contributed by atoms with van der Waals surface area (Å²) in [6.07, 6.45) is 4.01. The fraction of sp³-hybridized carbons (Fsp3) is 0.320. The molecule has 0 radical (unpaired) electrons. The first-order valence-corrected chi connectivity index (χ1v) is 10.5. The van der Waals surface area contributed by atoms with Crippen LogP contribution in [0.5, 0.6) is 28.7 Å². The number of hydrogen-bond acceptors (Lipinski definition) is 7. The van der Waals surface area contributed by atoms with Gasteiger partial charge in [-0.3, -0.25) is 4.79 Å². The van der Waals surface area contributed by atoms with Crippen LogP contribution in [0.4, 0.5) is 0 Å². The van der Waals surface area contributed by atoms with Gasteiger partial charge in [0.05, 0.1) is 5.56 Å². The van der Waals surface area contributed by atoms with E-state index in [2.05, 4.69) is 0 Å². The smallest absolute Gasteiger partial charge is 0.200 e. The quantitative estimate of drug-likeness (QED) is 0.445. The second-order valence-corrected chi connectivity index (χ2v) is 9.79. The highest BCUT2D eigenvalue weighted by atomic mass is 16.5. The van der Waals surface area contributed by atoms with Crippen LogP contribution in [0.2, 0.25) is 0 Å². The molecular formula is C25H22O7. The second kappa shape index (κ2) is 5.59. The molecule has 0 spiro atoms. The largest absolute Gasteiger partial charge is 0.507 e. The summed E-state index contributed by atoms with van der Waals surface area (Å²) in [7, 11) is 0. The van der Waals surface area contributed by atoms with Crippen molar-refractivity contribution in [2.75, 3.05) is 0 Å². The summed E-state index contributed by atoms with van der Waals surface area (Å²) in [5.41, 5.74) is 0.793. The summed E-state index contributed by atoms with van der Waals surface area (Å²) in [4.78, 5) is 13.6. The van der Waals surface area contributed by atoms with Crippen LogP contribution in [0.3, 0.4) is 0 Å². The third-order valence-electron chi connectivity index (χ3n) is 6.74. The van der Waals surface area contributed by atoms with Gasteiger partial charge in [0.25, 0.3) is 0 Å². The van der Waals surface area contributed by atoms with Gasteiger partial charge in [0.15, 0.2) is 22.5 Å². The van der Waals surface area contributed by atoms with Crippen molar-refractivity contribution >= 4 is 17.0 Å². The molecule has 32 heavy (non-hydrogen) atoms. The van der Waals surface area contributed by atoms with Gasteiger partial charge in [-0.1, -0.05) is 0 Å². The Balaban J connectivity index is 1.72. The normalized spacial score (nSPS) is 20.8. The van der Waals surface area contributed by atoms with Crippen LogP contribution in [-0.4, -0.2) is 26.5 Å². The van der Waals surface area contributed by atoms with Crippen molar-refractivity contribution in [1.29, 1.82) is 0 Å². The molecular weight excluding hydrogens is 412 g/mol. The Hall–Kier alpha value is -3.61. The summed E-state index contributed by atoms with van der Waals surface area (Å²) in [6, 6.07) is 2.86. The van der Waals surface area contributed by atoms with Gasteiger partial charge < -0.3 is 29.2 Å². The van der Waals surface area contributed by atoms with E-state index in [1.165, 1.54) is 12.1 Å². The summed E-state index contributed by atoms with van der Waals surface area (Å²) < 4.78 is 18.3. The topological polar surface area (TPSA) is 109 Å². The zero-order chi connectivity index (χ0) is 22.7. The van der Waals surface area contributed by atoms with Crippen LogP contribution in [0.15, 0.2) is 27.4 Å². The molecule has 2 aliphatic heterocycles. The SMILES string of the molecule is CC1(C)C=Cc2c(cc(O)c3c(=O)c4c(oc23)-c2cc(O)c(O)c3c2C(C4)C(C)(C)O3)O1. The van der Waals surface area contributed by atoms with E-state index in [0.29, 0.717) is 40.2 Å². The van der Waals surface area contributed by atoms with E-state index >= 15 is 0 Å². The Morgan fingerprint density at radius 3 is 2.53 bits per heavy atom. The van der Waals surface area contributed by atoms with Crippen molar-refractivity contribution in [2.24, 2.45) is 0 Å². The van der Waals surface area contributed by atoms with Gasteiger partial charge in [-0.2, -0.15) is 0 Å². The Morgan fingerprint density at radius 2 is 1.78 bits per heavy atom. The lowest BCUT2D eigenvalue weighted by Crippen LogP contribution is -2.34. The standard InChI is InChI=1S/C25H22O7/c1-24(2)6-5-10-16(31-24)9-14(26)18-19(28)12-7-13-17-11(21(12)30-22(10)18)8-15(27)20(29)23(17)32-25(13,3)4/h5-6,8-9,13,26-27,29H,7H2,1-4H3. The van der Waals surface area contributed by atoms with E-state index in [0.717, 1.165) is 0 Å². The number of hydrogen-bond donors (Lipinski definition) is 3. The fourth-order valence-corrected chi connectivity index (χ4v) is 5.15. The van der Waals surface area contributed by atoms with Crippen molar-refractivity contribution in [2.45, 2.75) is 51.2 Å². The molecule has 0 saturated carbocycles. The summed E-state index contributed by atoms with van der Waals surface area (Å²) >= 11 is 0. The third kappa shape index (κ3) is 2.28.